The average molecular weight is 243 g/mol. The van der Waals surface area contributed by atoms with Crippen LogP contribution >= 0.6 is 0 Å². The lowest BCUT2D eigenvalue weighted by Crippen LogP contribution is -2.43. The fraction of sp³-hybridized carbons (Fsp3) is 0.429. The first-order valence-electron chi connectivity index (χ1n) is 6.37. The van der Waals surface area contributed by atoms with Crippen LogP contribution in [-0.4, -0.2) is 23.2 Å². The van der Waals surface area contributed by atoms with Gasteiger partial charge in [0.2, 0.25) is 5.89 Å². The van der Waals surface area contributed by atoms with E-state index in [1.54, 1.807) is 0 Å². The third-order valence-corrected chi connectivity index (χ3v) is 3.28. The standard InChI is InChI=1S/C14H17N3O/c1-10-3-2-4-11(5-10)6-13-16-14(18-17-13)7-12-8-15-9-12/h2-5,12,15H,6-9H2,1H3. The minimum Gasteiger partial charge on any atom is -0.339 e. The Morgan fingerprint density at radius 3 is 3.00 bits per heavy atom. The molecule has 1 aromatic heterocycles. The predicted octanol–water partition coefficient (Wildman–Crippen LogP) is 1.73. The van der Waals surface area contributed by atoms with Crippen LogP contribution in [0.15, 0.2) is 28.8 Å². The first kappa shape index (κ1) is 11.4. The van der Waals surface area contributed by atoms with Crippen molar-refractivity contribution < 1.29 is 4.52 Å². The Bertz CT molecular complexity index is 531. The molecule has 2 heterocycles. The minimum absolute atomic E-state index is 0.664. The molecule has 1 saturated heterocycles. The second kappa shape index (κ2) is 4.90. The van der Waals surface area contributed by atoms with E-state index in [0.29, 0.717) is 5.92 Å². The van der Waals surface area contributed by atoms with E-state index < -0.39 is 0 Å². The van der Waals surface area contributed by atoms with Gasteiger partial charge in [-0.15, -0.1) is 0 Å². The van der Waals surface area contributed by atoms with Crippen molar-refractivity contribution in [3.8, 4) is 0 Å². The van der Waals surface area contributed by atoms with E-state index in [1.165, 1.54) is 11.1 Å². The minimum atomic E-state index is 0.664. The molecule has 0 saturated carbocycles. The number of nitrogens with zero attached hydrogens (tertiary/aromatic N) is 2. The summed E-state index contributed by atoms with van der Waals surface area (Å²) in [5.74, 6) is 2.21. The number of aryl methyl sites for hydroxylation is 1. The molecule has 1 aliphatic rings. The molecule has 1 aromatic carbocycles. The van der Waals surface area contributed by atoms with Crippen LogP contribution in [0.4, 0.5) is 0 Å². The summed E-state index contributed by atoms with van der Waals surface area (Å²) in [6.45, 7) is 4.22. The van der Waals surface area contributed by atoms with Crippen LogP contribution in [0.25, 0.3) is 0 Å². The Hall–Kier alpha value is -1.68. The first-order valence-corrected chi connectivity index (χ1v) is 6.37. The van der Waals surface area contributed by atoms with Gasteiger partial charge in [0.1, 0.15) is 0 Å². The third kappa shape index (κ3) is 2.59. The van der Waals surface area contributed by atoms with Gasteiger partial charge in [0.05, 0.1) is 0 Å². The van der Waals surface area contributed by atoms with Crippen LogP contribution in [0.1, 0.15) is 22.8 Å². The van der Waals surface area contributed by atoms with Gasteiger partial charge in [0.15, 0.2) is 5.82 Å². The van der Waals surface area contributed by atoms with Gasteiger partial charge >= 0.3 is 0 Å². The van der Waals surface area contributed by atoms with Crippen molar-refractivity contribution in [2.75, 3.05) is 13.1 Å². The molecule has 0 aliphatic carbocycles. The third-order valence-electron chi connectivity index (χ3n) is 3.28. The van der Waals surface area contributed by atoms with E-state index in [1.807, 2.05) is 0 Å². The Labute approximate surface area is 106 Å². The highest BCUT2D eigenvalue weighted by molar-refractivity contribution is 5.24. The summed E-state index contributed by atoms with van der Waals surface area (Å²) in [6.07, 6.45) is 1.64. The zero-order chi connectivity index (χ0) is 12.4. The Morgan fingerprint density at radius 1 is 1.39 bits per heavy atom. The maximum absolute atomic E-state index is 5.28. The number of nitrogens with one attached hydrogen (secondary N) is 1. The topological polar surface area (TPSA) is 51.0 Å². The molecular weight excluding hydrogens is 226 g/mol. The van der Waals surface area contributed by atoms with Crippen molar-refractivity contribution in [3.05, 3.63) is 47.1 Å². The number of hydrogen-bond acceptors (Lipinski definition) is 4. The van der Waals surface area contributed by atoms with Gasteiger partial charge < -0.3 is 9.84 Å². The van der Waals surface area contributed by atoms with Crippen LogP contribution in [0, 0.1) is 12.8 Å². The van der Waals surface area contributed by atoms with Crippen LogP contribution in [-0.2, 0) is 12.8 Å². The molecule has 4 heteroatoms. The number of hydrogen-bond donors (Lipinski definition) is 1. The fourth-order valence-electron chi connectivity index (χ4n) is 2.19. The highest BCUT2D eigenvalue weighted by Gasteiger charge is 2.20. The first-order chi connectivity index (χ1) is 8.79. The number of aromatic nitrogens is 2. The molecule has 94 valence electrons. The molecule has 3 rings (SSSR count). The average Bonchev–Trinajstić information content (AvgIpc) is 2.71. The van der Waals surface area contributed by atoms with Crippen LogP contribution in [0.3, 0.4) is 0 Å². The summed E-state index contributed by atoms with van der Waals surface area (Å²) in [5, 5.41) is 7.29. The number of rotatable bonds is 4. The van der Waals surface area contributed by atoms with Gasteiger partial charge in [-0.1, -0.05) is 35.0 Å². The van der Waals surface area contributed by atoms with Gasteiger partial charge in [-0.2, -0.15) is 4.98 Å². The van der Waals surface area contributed by atoms with Crippen molar-refractivity contribution in [3.63, 3.8) is 0 Å². The zero-order valence-corrected chi connectivity index (χ0v) is 10.5. The van der Waals surface area contributed by atoms with Gasteiger partial charge in [-0.3, -0.25) is 0 Å². The molecule has 0 spiro atoms. The lowest BCUT2D eigenvalue weighted by atomic mass is 10.00. The normalized spacial score (nSPS) is 15.6. The molecule has 0 bridgehead atoms. The zero-order valence-electron chi connectivity index (χ0n) is 10.5. The highest BCUT2D eigenvalue weighted by Crippen LogP contribution is 2.13. The van der Waals surface area contributed by atoms with E-state index in [4.69, 9.17) is 4.52 Å². The second-order valence-corrected chi connectivity index (χ2v) is 5.00. The molecule has 1 aliphatic heterocycles. The van der Waals surface area contributed by atoms with E-state index in [9.17, 15) is 0 Å². The van der Waals surface area contributed by atoms with Gasteiger partial charge in [0, 0.05) is 12.8 Å². The molecule has 0 radical (unpaired) electrons. The van der Waals surface area contributed by atoms with Gasteiger partial charge in [0.25, 0.3) is 0 Å². The van der Waals surface area contributed by atoms with E-state index in [-0.39, 0.29) is 0 Å². The molecule has 0 amide bonds. The molecule has 1 N–H and O–H groups in total. The van der Waals surface area contributed by atoms with Crippen LogP contribution in [0.5, 0.6) is 0 Å². The summed E-state index contributed by atoms with van der Waals surface area (Å²) in [5.41, 5.74) is 2.49. The van der Waals surface area contributed by atoms with Crippen molar-refractivity contribution in [1.29, 1.82) is 0 Å². The van der Waals surface area contributed by atoms with E-state index >= 15 is 0 Å². The summed E-state index contributed by atoms with van der Waals surface area (Å²) < 4.78 is 5.28. The van der Waals surface area contributed by atoms with E-state index in [0.717, 1.165) is 37.6 Å². The van der Waals surface area contributed by atoms with Crippen LogP contribution < -0.4 is 5.32 Å². The molecule has 2 aromatic rings. The van der Waals surface area contributed by atoms with Crippen molar-refractivity contribution in [1.82, 2.24) is 15.5 Å². The predicted molar refractivity (Wildman–Crippen MR) is 68.3 cm³/mol. The largest absolute Gasteiger partial charge is 0.339 e. The van der Waals surface area contributed by atoms with Crippen molar-refractivity contribution in [2.24, 2.45) is 5.92 Å². The van der Waals surface area contributed by atoms with Gasteiger partial charge in [-0.25, -0.2) is 0 Å². The monoisotopic (exact) mass is 243 g/mol. The molecular formula is C14H17N3O. The van der Waals surface area contributed by atoms with Crippen LogP contribution in [0.2, 0.25) is 0 Å². The fourth-order valence-corrected chi connectivity index (χ4v) is 2.19. The second-order valence-electron chi connectivity index (χ2n) is 5.00. The molecule has 1 fully saturated rings. The Kier molecular flexibility index (Phi) is 3.11. The Balaban J connectivity index is 1.65. The molecule has 0 unspecified atom stereocenters. The lowest BCUT2D eigenvalue weighted by Gasteiger charge is -2.25. The summed E-state index contributed by atoms with van der Waals surface area (Å²) in [4.78, 5) is 4.45. The smallest absolute Gasteiger partial charge is 0.227 e. The maximum atomic E-state index is 5.28. The quantitative estimate of drug-likeness (QED) is 0.888. The summed E-state index contributed by atoms with van der Waals surface area (Å²) in [7, 11) is 0. The SMILES string of the molecule is Cc1cccc(Cc2noc(CC3CNC3)n2)c1. The number of benzene rings is 1. The van der Waals surface area contributed by atoms with Crippen molar-refractivity contribution in [2.45, 2.75) is 19.8 Å². The summed E-state index contributed by atoms with van der Waals surface area (Å²) >= 11 is 0. The molecule has 18 heavy (non-hydrogen) atoms. The lowest BCUT2D eigenvalue weighted by molar-refractivity contribution is 0.295. The van der Waals surface area contributed by atoms with Crippen molar-refractivity contribution >= 4 is 0 Å². The molecule has 4 nitrogen and oxygen atoms in total. The van der Waals surface area contributed by atoms with Gasteiger partial charge in [-0.05, 0) is 31.5 Å². The summed E-state index contributed by atoms with van der Waals surface area (Å²) in [6, 6.07) is 8.41. The van der Waals surface area contributed by atoms with E-state index in [2.05, 4.69) is 46.6 Å². The highest BCUT2D eigenvalue weighted by atomic mass is 16.5. The Morgan fingerprint density at radius 2 is 2.28 bits per heavy atom. The maximum Gasteiger partial charge on any atom is 0.227 e. The molecule has 0 atom stereocenters.